The first-order chi connectivity index (χ1) is 13.8. The number of nitrogens with one attached hydrogen (secondary N) is 2. The van der Waals surface area contributed by atoms with Crippen molar-refractivity contribution >= 4 is 17.7 Å². The van der Waals surface area contributed by atoms with Crippen LogP contribution in [0.25, 0.3) is 0 Å². The first-order valence-electron chi connectivity index (χ1n) is 9.80. The highest BCUT2D eigenvalue weighted by atomic mass is 19.1. The molecule has 0 aliphatic carbocycles. The molecule has 3 N–H and O–H groups in total. The third-order valence-electron chi connectivity index (χ3n) is 4.39. The van der Waals surface area contributed by atoms with Crippen molar-refractivity contribution in [3.05, 3.63) is 24.0 Å². The number of nitrogens with zero attached hydrogens (tertiary/aromatic N) is 1. The molecular weight excluding hydrogens is 381 g/mol. The van der Waals surface area contributed by atoms with Crippen LogP contribution in [0, 0.1) is 11.7 Å². The average Bonchev–Trinajstić information content (AvgIpc) is 3.03. The van der Waals surface area contributed by atoms with E-state index in [1.165, 1.54) is 24.0 Å². The lowest BCUT2D eigenvalue weighted by Gasteiger charge is -2.16. The monoisotopic (exact) mass is 411 g/mol. The molecule has 2 amide bonds. The van der Waals surface area contributed by atoms with Gasteiger partial charge in [-0.25, -0.2) is 9.18 Å². The number of anilines is 1. The van der Waals surface area contributed by atoms with E-state index >= 15 is 0 Å². The Morgan fingerprint density at radius 3 is 2.86 bits per heavy atom. The summed E-state index contributed by atoms with van der Waals surface area (Å²) < 4.78 is 24.9. The maximum Gasteiger partial charge on any atom is 0.414 e. The van der Waals surface area contributed by atoms with Crippen LogP contribution in [0.4, 0.5) is 14.9 Å². The van der Waals surface area contributed by atoms with Crippen molar-refractivity contribution in [2.75, 3.05) is 37.7 Å². The smallest absolute Gasteiger partial charge is 0.414 e. The topological polar surface area (TPSA) is 100 Å². The maximum absolute atomic E-state index is 14.4. The molecule has 1 saturated heterocycles. The minimum atomic E-state index is -0.760. The van der Waals surface area contributed by atoms with Gasteiger partial charge in [-0.1, -0.05) is 13.8 Å². The molecule has 0 bridgehead atoms. The number of aliphatic hydroxyl groups excluding tert-OH is 1. The molecule has 29 heavy (non-hydrogen) atoms. The number of hydrogen-bond donors (Lipinski definition) is 3. The number of aliphatic hydroxyl groups is 1. The molecule has 1 aliphatic rings. The van der Waals surface area contributed by atoms with Gasteiger partial charge in [-0.3, -0.25) is 9.69 Å². The number of benzene rings is 1. The molecule has 1 aromatic carbocycles. The lowest BCUT2D eigenvalue weighted by molar-refractivity contribution is -0.119. The number of rotatable bonds is 11. The zero-order chi connectivity index (χ0) is 21.4. The van der Waals surface area contributed by atoms with Crippen LogP contribution < -0.4 is 20.3 Å². The van der Waals surface area contributed by atoms with Gasteiger partial charge in [-0.15, -0.1) is 0 Å². The van der Waals surface area contributed by atoms with Crippen LogP contribution in [0.1, 0.15) is 27.2 Å². The Hall–Kier alpha value is -2.39. The maximum atomic E-state index is 14.4. The molecule has 1 aromatic rings. The third kappa shape index (κ3) is 7.51. The van der Waals surface area contributed by atoms with Crippen LogP contribution >= 0.6 is 0 Å². The van der Waals surface area contributed by atoms with Gasteiger partial charge in [0.25, 0.3) is 0 Å². The van der Waals surface area contributed by atoms with Gasteiger partial charge in [-0.2, -0.15) is 0 Å². The van der Waals surface area contributed by atoms with Crippen molar-refractivity contribution in [1.29, 1.82) is 0 Å². The van der Waals surface area contributed by atoms with E-state index in [0.29, 0.717) is 18.2 Å². The molecule has 0 aromatic heterocycles. The molecule has 0 saturated carbocycles. The summed E-state index contributed by atoms with van der Waals surface area (Å²) in [5.41, 5.74) is 0.334. The van der Waals surface area contributed by atoms with Crippen LogP contribution in [0.15, 0.2) is 18.2 Å². The highest BCUT2D eigenvalue weighted by molar-refractivity contribution is 5.89. The fraction of sp³-hybridized carbons (Fsp3) is 0.600. The van der Waals surface area contributed by atoms with E-state index in [0.717, 1.165) is 13.0 Å². The summed E-state index contributed by atoms with van der Waals surface area (Å²) >= 11 is 0. The molecule has 0 radical (unpaired) electrons. The highest BCUT2D eigenvalue weighted by Crippen LogP contribution is 2.27. The van der Waals surface area contributed by atoms with Crippen LogP contribution in [0.2, 0.25) is 0 Å². The Morgan fingerprint density at radius 1 is 1.45 bits per heavy atom. The lowest BCUT2D eigenvalue weighted by Crippen LogP contribution is -2.33. The van der Waals surface area contributed by atoms with E-state index in [-0.39, 0.29) is 31.4 Å². The highest BCUT2D eigenvalue weighted by Gasteiger charge is 2.32. The fourth-order valence-corrected chi connectivity index (χ4v) is 2.78. The Labute approximate surface area is 170 Å². The summed E-state index contributed by atoms with van der Waals surface area (Å²) in [6, 6.07) is 4.15. The van der Waals surface area contributed by atoms with Gasteiger partial charge in [-0.05, 0) is 31.0 Å². The second kappa shape index (κ2) is 11.0. The van der Waals surface area contributed by atoms with E-state index in [1.807, 2.05) is 0 Å². The number of ether oxygens (including phenoxy) is 2. The van der Waals surface area contributed by atoms with Crippen LogP contribution in [-0.2, 0) is 9.53 Å². The van der Waals surface area contributed by atoms with Crippen molar-refractivity contribution in [1.82, 2.24) is 10.6 Å². The molecular formula is C20H30FN3O5. The fourth-order valence-electron chi connectivity index (χ4n) is 2.78. The van der Waals surface area contributed by atoms with Crippen LogP contribution in [0.5, 0.6) is 5.75 Å². The van der Waals surface area contributed by atoms with E-state index in [1.54, 1.807) is 6.07 Å². The molecule has 0 unspecified atom stereocenters. The SMILES string of the molecule is CC(=O)NC[C@H]1CN(c2ccc(OC[C@@H](O)CNCCC(C)C)c(F)c2)C(=O)O1. The summed E-state index contributed by atoms with van der Waals surface area (Å²) in [5, 5.41) is 15.7. The van der Waals surface area contributed by atoms with Gasteiger partial charge < -0.3 is 25.2 Å². The third-order valence-corrected chi connectivity index (χ3v) is 4.39. The minimum Gasteiger partial charge on any atom is -0.488 e. The molecule has 0 spiro atoms. The normalized spacial score (nSPS) is 17.4. The molecule has 162 valence electrons. The molecule has 8 nitrogen and oxygen atoms in total. The Bertz CT molecular complexity index is 701. The van der Waals surface area contributed by atoms with Gasteiger partial charge in [0.2, 0.25) is 5.91 Å². The van der Waals surface area contributed by atoms with Crippen LogP contribution in [0.3, 0.4) is 0 Å². The van der Waals surface area contributed by atoms with E-state index in [2.05, 4.69) is 24.5 Å². The van der Waals surface area contributed by atoms with Gasteiger partial charge in [0.15, 0.2) is 11.6 Å². The van der Waals surface area contributed by atoms with Crippen molar-refractivity contribution in [3.63, 3.8) is 0 Å². The second-order valence-corrected chi connectivity index (χ2v) is 7.52. The standard InChI is InChI=1S/C20H30FN3O5/c1-13(2)6-7-22-9-16(26)12-28-19-5-4-15(8-18(19)21)24-11-17(29-20(24)27)10-23-14(3)25/h4-5,8,13,16-17,22,26H,6-7,9-12H2,1-3H3,(H,23,25)/t16-,17-/m0/s1. The lowest BCUT2D eigenvalue weighted by atomic mass is 10.1. The first kappa shape index (κ1) is 22.9. The van der Waals surface area contributed by atoms with E-state index < -0.39 is 24.1 Å². The van der Waals surface area contributed by atoms with Gasteiger partial charge in [0, 0.05) is 19.5 Å². The van der Waals surface area contributed by atoms with Crippen molar-refractivity contribution in [3.8, 4) is 5.75 Å². The van der Waals surface area contributed by atoms with Gasteiger partial charge in [0.05, 0.1) is 18.8 Å². The number of cyclic esters (lactones) is 1. The predicted molar refractivity (Wildman–Crippen MR) is 107 cm³/mol. The zero-order valence-electron chi connectivity index (χ0n) is 17.1. The molecule has 1 aliphatic heterocycles. The molecule has 1 heterocycles. The van der Waals surface area contributed by atoms with Crippen LogP contribution in [-0.4, -0.2) is 62.1 Å². The number of halogens is 1. The number of carbonyl (C=O) groups excluding carboxylic acids is 2. The minimum absolute atomic E-state index is 0.00246. The number of carbonyl (C=O) groups is 2. The second-order valence-electron chi connectivity index (χ2n) is 7.52. The predicted octanol–water partition coefficient (Wildman–Crippen LogP) is 1.66. The Kier molecular flexibility index (Phi) is 8.66. The van der Waals surface area contributed by atoms with E-state index in [4.69, 9.17) is 9.47 Å². The molecule has 1 fully saturated rings. The summed E-state index contributed by atoms with van der Waals surface area (Å²) in [5.74, 6) is -0.278. The summed E-state index contributed by atoms with van der Waals surface area (Å²) in [7, 11) is 0. The van der Waals surface area contributed by atoms with Gasteiger partial charge in [0.1, 0.15) is 18.8 Å². The molecule has 2 atom stereocenters. The zero-order valence-corrected chi connectivity index (χ0v) is 17.1. The summed E-state index contributed by atoms with van der Waals surface area (Å²) in [6.07, 6.45) is -0.849. The Morgan fingerprint density at radius 2 is 2.21 bits per heavy atom. The van der Waals surface area contributed by atoms with E-state index in [9.17, 15) is 19.1 Å². The molecule has 9 heteroatoms. The van der Waals surface area contributed by atoms with Crippen molar-refractivity contribution < 1.29 is 28.6 Å². The van der Waals surface area contributed by atoms with Gasteiger partial charge >= 0.3 is 6.09 Å². The largest absolute Gasteiger partial charge is 0.488 e. The first-order valence-corrected chi connectivity index (χ1v) is 9.80. The molecule has 2 rings (SSSR count). The number of amides is 2. The number of hydrogen-bond acceptors (Lipinski definition) is 6. The summed E-state index contributed by atoms with van der Waals surface area (Å²) in [6.45, 7) is 7.15. The average molecular weight is 411 g/mol. The quantitative estimate of drug-likeness (QED) is 0.479. The Balaban J connectivity index is 1.83. The summed E-state index contributed by atoms with van der Waals surface area (Å²) in [4.78, 5) is 24.3. The van der Waals surface area contributed by atoms with Crippen molar-refractivity contribution in [2.45, 2.75) is 39.4 Å². The van der Waals surface area contributed by atoms with Crippen molar-refractivity contribution in [2.24, 2.45) is 5.92 Å².